The minimum atomic E-state index is -0.505. The summed E-state index contributed by atoms with van der Waals surface area (Å²) in [6.45, 7) is 0. The van der Waals surface area contributed by atoms with E-state index in [-0.39, 0.29) is 28.7 Å². The second kappa shape index (κ2) is 8.85. The van der Waals surface area contributed by atoms with Crippen LogP contribution in [-0.4, -0.2) is 17.9 Å². The Morgan fingerprint density at radius 3 is 2.15 bits per heavy atom. The van der Waals surface area contributed by atoms with E-state index < -0.39 is 5.82 Å². The molecule has 26 heavy (non-hydrogen) atoms. The lowest BCUT2D eigenvalue weighted by atomic mass is 9.80. The van der Waals surface area contributed by atoms with E-state index in [4.69, 9.17) is 11.6 Å². The van der Waals surface area contributed by atoms with E-state index in [1.54, 1.807) is 0 Å². The number of halogens is 2. The highest BCUT2D eigenvalue weighted by Gasteiger charge is 2.31. The van der Waals surface area contributed by atoms with Gasteiger partial charge in [-0.05, 0) is 56.7 Å². The average Bonchev–Trinajstić information content (AvgIpc) is 2.65. The fourth-order valence-electron chi connectivity index (χ4n) is 4.00. The topological polar surface area (TPSA) is 58.2 Å². The lowest BCUT2D eigenvalue weighted by Gasteiger charge is -2.29. The van der Waals surface area contributed by atoms with Crippen LogP contribution in [0.3, 0.4) is 0 Å². The van der Waals surface area contributed by atoms with Crippen LogP contribution < -0.4 is 10.6 Å². The van der Waals surface area contributed by atoms with Gasteiger partial charge in [0.25, 0.3) is 0 Å². The summed E-state index contributed by atoms with van der Waals surface area (Å²) in [6.07, 6.45) is 8.71. The predicted octanol–water partition coefficient (Wildman–Crippen LogP) is 4.67. The zero-order valence-electron chi connectivity index (χ0n) is 14.9. The van der Waals surface area contributed by atoms with Crippen LogP contribution in [0.1, 0.15) is 57.8 Å². The van der Waals surface area contributed by atoms with Crippen LogP contribution >= 0.6 is 11.6 Å². The number of rotatable bonds is 4. The third-order valence-corrected chi connectivity index (χ3v) is 5.90. The van der Waals surface area contributed by atoms with E-state index in [2.05, 4.69) is 10.6 Å². The van der Waals surface area contributed by atoms with E-state index >= 15 is 0 Å². The van der Waals surface area contributed by atoms with Crippen molar-refractivity contribution in [3.63, 3.8) is 0 Å². The smallest absolute Gasteiger partial charge is 0.227 e. The first-order valence-electron chi connectivity index (χ1n) is 9.59. The van der Waals surface area contributed by atoms with Crippen molar-refractivity contribution >= 4 is 29.1 Å². The minimum Gasteiger partial charge on any atom is -0.353 e. The molecule has 2 fully saturated rings. The summed E-state index contributed by atoms with van der Waals surface area (Å²) < 4.78 is 13.2. The summed E-state index contributed by atoms with van der Waals surface area (Å²) in [5, 5.41) is 5.98. The van der Waals surface area contributed by atoms with Gasteiger partial charge in [0.1, 0.15) is 5.82 Å². The highest BCUT2D eigenvalue weighted by atomic mass is 35.5. The minimum absolute atomic E-state index is 0.00843. The number of anilines is 1. The lowest BCUT2D eigenvalue weighted by molar-refractivity contribution is -0.129. The monoisotopic (exact) mass is 380 g/mol. The number of carbonyl (C=O) groups is 2. The molecule has 0 aromatic heterocycles. The number of hydrogen-bond donors (Lipinski definition) is 2. The number of nitrogens with one attached hydrogen (secondary N) is 2. The van der Waals surface area contributed by atoms with Gasteiger partial charge in [0.05, 0.1) is 5.02 Å². The van der Waals surface area contributed by atoms with Crippen molar-refractivity contribution in [3.8, 4) is 0 Å². The van der Waals surface area contributed by atoms with Crippen molar-refractivity contribution in [2.75, 3.05) is 5.32 Å². The van der Waals surface area contributed by atoms with Crippen LogP contribution in [0.5, 0.6) is 0 Å². The molecule has 1 aromatic carbocycles. The van der Waals surface area contributed by atoms with Crippen LogP contribution in [-0.2, 0) is 9.59 Å². The van der Waals surface area contributed by atoms with E-state index in [9.17, 15) is 14.0 Å². The van der Waals surface area contributed by atoms with Crippen LogP contribution in [0, 0.1) is 17.7 Å². The Morgan fingerprint density at radius 2 is 1.54 bits per heavy atom. The molecular weight excluding hydrogens is 355 g/mol. The van der Waals surface area contributed by atoms with Gasteiger partial charge in [-0.3, -0.25) is 9.59 Å². The SMILES string of the molecule is O=C(Nc1ccc(F)c(Cl)c1)C1CCC(C(=O)NC2CCCCC2)CC1. The molecule has 2 aliphatic carbocycles. The van der Waals surface area contributed by atoms with Crippen molar-refractivity contribution in [2.45, 2.75) is 63.8 Å². The summed E-state index contributed by atoms with van der Waals surface area (Å²) in [5.41, 5.74) is 0.499. The maximum absolute atomic E-state index is 13.2. The molecule has 0 heterocycles. The van der Waals surface area contributed by atoms with Crippen molar-refractivity contribution < 1.29 is 14.0 Å². The molecule has 0 aliphatic heterocycles. The quantitative estimate of drug-likeness (QED) is 0.797. The van der Waals surface area contributed by atoms with Gasteiger partial charge in [0.2, 0.25) is 11.8 Å². The van der Waals surface area contributed by atoms with Gasteiger partial charge in [0.15, 0.2) is 0 Å². The molecule has 0 unspecified atom stereocenters. The summed E-state index contributed by atoms with van der Waals surface area (Å²) in [5.74, 6) is -0.534. The Kier molecular flexibility index (Phi) is 6.52. The fraction of sp³-hybridized carbons (Fsp3) is 0.600. The Balaban J connectivity index is 1.45. The van der Waals surface area contributed by atoms with Crippen LogP contribution in [0.2, 0.25) is 5.02 Å². The van der Waals surface area contributed by atoms with E-state index in [0.717, 1.165) is 25.7 Å². The first-order valence-corrected chi connectivity index (χ1v) is 9.97. The molecule has 1 aromatic rings. The Hall–Kier alpha value is -1.62. The third kappa shape index (κ3) is 4.97. The summed E-state index contributed by atoms with van der Waals surface area (Å²) in [4.78, 5) is 24.9. The summed E-state index contributed by atoms with van der Waals surface area (Å²) in [6, 6.07) is 4.49. The molecule has 0 atom stereocenters. The fourth-order valence-corrected chi connectivity index (χ4v) is 4.18. The summed E-state index contributed by atoms with van der Waals surface area (Å²) >= 11 is 5.75. The molecular formula is C20H26ClFN2O2. The molecule has 2 amide bonds. The molecule has 2 aliphatic rings. The van der Waals surface area contributed by atoms with Gasteiger partial charge in [-0.25, -0.2) is 4.39 Å². The molecule has 4 nitrogen and oxygen atoms in total. The number of carbonyl (C=O) groups excluding carboxylic acids is 2. The second-order valence-electron chi connectivity index (χ2n) is 7.51. The first kappa shape index (κ1) is 19.2. The zero-order chi connectivity index (χ0) is 18.5. The van der Waals surface area contributed by atoms with E-state index in [1.165, 1.54) is 37.5 Å². The lowest BCUT2D eigenvalue weighted by Crippen LogP contribution is -2.41. The van der Waals surface area contributed by atoms with E-state index in [0.29, 0.717) is 24.6 Å². The molecule has 2 N–H and O–H groups in total. The standard InChI is InChI=1S/C20H26ClFN2O2/c21-17-12-16(10-11-18(17)22)24-20(26)14-8-6-13(7-9-14)19(25)23-15-4-2-1-3-5-15/h10-15H,1-9H2,(H,23,25)(H,24,26). The number of benzene rings is 1. The van der Waals surface area contributed by atoms with Gasteiger partial charge in [-0.1, -0.05) is 30.9 Å². The van der Waals surface area contributed by atoms with Crippen LogP contribution in [0.15, 0.2) is 18.2 Å². The van der Waals surface area contributed by atoms with Gasteiger partial charge < -0.3 is 10.6 Å². The Bertz CT molecular complexity index is 653. The van der Waals surface area contributed by atoms with Crippen LogP contribution in [0.4, 0.5) is 10.1 Å². The van der Waals surface area contributed by atoms with Gasteiger partial charge in [-0.15, -0.1) is 0 Å². The molecule has 142 valence electrons. The van der Waals surface area contributed by atoms with Gasteiger partial charge in [0, 0.05) is 23.6 Å². The largest absolute Gasteiger partial charge is 0.353 e. The van der Waals surface area contributed by atoms with Gasteiger partial charge >= 0.3 is 0 Å². The normalized spacial score (nSPS) is 24.1. The maximum Gasteiger partial charge on any atom is 0.227 e. The molecule has 0 spiro atoms. The van der Waals surface area contributed by atoms with E-state index in [1.807, 2.05) is 0 Å². The second-order valence-corrected chi connectivity index (χ2v) is 7.92. The Labute approximate surface area is 158 Å². The number of amides is 2. The summed E-state index contributed by atoms with van der Waals surface area (Å²) in [7, 11) is 0. The predicted molar refractivity (Wildman–Crippen MR) is 101 cm³/mol. The molecule has 0 radical (unpaired) electrons. The maximum atomic E-state index is 13.2. The third-order valence-electron chi connectivity index (χ3n) is 5.61. The zero-order valence-corrected chi connectivity index (χ0v) is 15.7. The first-order chi connectivity index (χ1) is 12.5. The van der Waals surface area contributed by atoms with Crippen molar-refractivity contribution in [2.24, 2.45) is 11.8 Å². The Morgan fingerprint density at radius 1 is 0.923 bits per heavy atom. The highest BCUT2D eigenvalue weighted by Crippen LogP contribution is 2.31. The molecule has 0 bridgehead atoms. The van der Waals surface area contributed by atoms with Crippen molar-refractivity contribution in [1.82, 2.24) is 5.32 Å². The molecule has 2 saturated carbocycles. The van der Waals surface area contributed by atoms with Crippen molar-refractivity contribution in [1.29, 1.82) is 0 Å². The van der Waals surface area contributed by atoms with Crippen LogP contribution in [0.25, 0.3) is 0 Å². The highest BCUT2D eigenvalue weighted by molar-refractivity contribution is 6.31. The van der Waals surface area contributed by atoms with Crippen molar-refractivity contribution in [3.05, 3.63) is 29.0 Å². The van der Waals surface area contributed by atoms with Gasteiger partial charge in [-0.2, -0.15) is 0 Å². The molecule has 0 saturated heterocycles. The molecule has 3 rings (SSSR count). The molecule has 6 heteroatoms. The number of hydrogen-bond acceptors (Lipinski definition) is 2. The average molecular weight is 381 g/mol.